The van der Waals surface area contributed by atoms with E-state index >= 15 is 0 Å². The van der Waals surface area contributed by atoms with E-state index in [0.717, 1.165) is 36.9 Å². The number of primary sulfonamides is 4. The Kier molecular flexibility index (Phi) is 20.0. The summed E-state index contributed by atoms with van der Waals surface area (Å²) in [5, 5.41) is 34.9. The molecule has 0 aromatic carbocycles. The molecule has 0 unspecified atom stereocenters. The number of aliphatic hydroxyl groups excluding tert-OH is 2. The number of sulfonamides is 4. The number of aromatic nitrogens is 4. The van der Waals surface area contributed by atoms with Crippen LogP contribution in [0.5, 0.6) is 0 Å². The molecule has 0 bridgehead atoms. The van der Waals surface area contributed by atoms with Crippen molar-refractivity contribution in [3.63, 3.8) is 0 Å². The SMILES string of the molecule is C[C@@H]([C@@H](O)c1ccc(F)cn1)S(N)(=O)=O.C[C@@H]([C@H](O)c1ccc(F)cn1)S(N)(=O)=O.C[C@H](Cc1ccc(F)cn1)S(N)(=O)=O.C[C@H](Cc1ccc(F)cn1)S(N)(=O)=O. The minimum absolute atomic E-state index is 0.0675. The highest BCUT2D eigenvalue weighted by Crippen LogP contribution is 2.19. The summed E-state index contributed by atoms with van der Waals surface area (Å²) in [6.07, 6.45) is 1.55. The second kappa shape index (κ2) is 22.3. The first-order valence-electron chi connectivity index (χ1n) is 16.3. The Labute approximate surface area is 334 Å². The lowest BCUT2D eigenvalue weighted by Crippen LogP contribution is -2.31. The van der Waals surface area contributed by atoms with Gasteiger partial charge in [-0.25, -0.2) is 71.8 Å². The van der Waals surface area contributed by atoms with Gasteiger partial charge in [0.1, 0.15) is 46.0 Å². The molecule has 4 heterocycles. The summed E-state index contributed by atoms with van der Waals surface area (Å²) in [6, 6.07) is 9.94. The first-order chi connectivity index (χ1) is 26.4. The third kappa shape index (κ3) is 19.1. The van der Waals surface area contributed by atoms with Crippen molar-refractivity contribution in [1.29, 1.82) is 0 Å². The van der Waals surface area contributed by atoms with Crippen molar-refractivity contribution in [3.8, 4) is 0 Å². The van der Waals surface area contributed by atoms with E-state index in [2.05, 4.69) is 19.9 Å². The van der Waals surface area contributed by atoms with Crippen molar-refractivity contribution in [2.45, 2.75) is 73.7 Å². The van der Waals surface area contributed by atoms with Crippen LogP contribution in [-0.2, 0) is 52.9 Å². The average Bonchev–Trinajstić information content (AvgIpc) is 3.12. The van der Waals surface area contributed by atoms with Crippen molar-refractivity contribution in [1.82, 2.24) is 19.9 Å². The molecule has 0 radical (unpaired) electrons. The molecule has 58 heavy (non-hydrogen) atoms. The minimum Gasteiger partial charge on any atom is -0.385 e. The van der Waals surface area contributed by atoms with Gasteiger partial charge >= 0.3 is 0 Å². The maximum atomic E-state index is 12.5. The molecule has 324 valence electrons. The minimum atomic E-state index is -3.84. The zero-order chi connectivity index (χ0) is 44.8. The number of hydrogen-bond donors (Lipinski definition) is 6. The Morgan fingerprint density at radius 2 is 0.724 bits per heavy atom. The van der Waals surface area contributed by atoms with E-state index in [0.29, 0.717) is 11.4 Å². The molecule has 0 aliphatic heterocycles. The maximum Gasteiger partial charge on any atom is 0.214 e. The van der Waals surface area contributed by atoms with E-state index < -0.39 is 96.6 Å². The van der Waals surface area contributed by atoms with Crippen LogP contribution in [0.25, 0.3) is 0 Å². The van der Waals surface area contributed by atoms with E-state index in [9.17, 15) is 61.4 Å². The zero-order valence-corrected chi connectivity index (χ0v) is 34.5. The lowest BCUT2D eigenvalue weighted by molar-refractivity contribution is 0.170. The zero-order valence-electron chi connectivity index (χ0n) is 31.2. The fourth-order valence-electron chi connectivity index (χ4n) is 3.84. The Bertz CT molecular complexity index is 2170. The first kappa shape index (κ1) is 51.9. The molecule has 0 aliphatic rings. The van der Waals surface area contributed by atoms with Crippen molar-refractivity contribution in [3.05, 3.63) is 119 Å². The van der Waals surface area contributed by atoms with Gasteiger partial charge < -0.3 is 10.2 Å². The van der Waals surface area contributed by atoms with Gasteiger partial charge in [-0.3, -0.25) is 19.9 Å². The molecule has 0 saturated heterocycles. The fraction of sp³-hybridized carbons (Fsp3) is 0.375. The lowest BCUT2D eigenvalue weighted by atomic mass is 10.2. The van der Waals surface area contributed by atoms with Crippen LogP contribution in [-0.4, -0.2) is 84.8 Å². The number of halogens is 4. The molecule has 0 saturated carbocycles. The van der Waals surface area contributed by atoms with E-state index in [1.165, 1.54) is 64.1 Å². The van der Waals surface area contributed by atoms with Gasteiger partial charge in [0.05, 0.1) is 46.7 Å². The van der Waals surface area contributed by atoms with Crippen molar-refractivity contribution >= 4 is 40.1 Å². The van der Waals surface area contributed by atoms with Gasteiger partial charge in [-0.05, 0) is 76.2 Å². The normalized spacial score (nSPS) is 15.0. The highest BCUT2D eigenvalue weighted by Gasteiger charge is 2.28. The Morgan fingerprint density at radius 3 is 0.914 bits per heavy atom. The number of hydrogen-bond acceptors (Lipinski definition) is 14. The average molecular weight is 905 g/mol. The highest BCUT2D eigenvalue weighted by molar-refractivity contribution is 7.90. The molecule has 0 amide bonds. The summed E-state index contributed by atoms with van der Waals surface area (Å²) in [6.45, 7) is 5.48. The van der Waals surface area contributed by atoms with Crippen molar-refractivity contribution in [2.75, 3.05) is 0 Å². The van der Waals surface area contributed by atoms with Gasteiger partial charge in [0, 0.05) is 24.2 Å². The standard InChI is InChI=1S/2C8H11FN2O3S.2C8H11FN2O2S/c2*1-5(15(10,13)14)8(12)7-3-2-6(9)4-11-7;2*1-6(14(10,12)13)4-8-3-2-7(9)5-11-8/h2*2-5,8,12H,1H3,(H2,10,13,14);2*2-3,5-6H,4H2,1H3,(H2,10,12,13)/t5-,8+;5-,8-;2*6-/m0011/s1. The largest absolute Gasteiger partial charge is 0.385 e. The topological polar surface area (TPSA) is 333 Å². The van der Waals surface area contributed by atoms with E-state index in [-0.39, 0.29) is 24.2 Å². The monoisotopic (exact) mass is 904 g/mol. The molecule has 6 atom stereocenters. The molecule has 18 nitrogen and oxygen atoms in total. The second-order valence-electron chi connectivity index (χ2n) is 12.4. The maximum absolute atomic E-state index is 12.5. The predicted octanol–water partition coefficient (Wildman–Crippen LogP) is 0.743. The van der Waals surface area contributed by atoms with Crippen LogP contribution in [0.3, 0.4) is 0 Å². The van der Waals surface area contributed by atoms with Gasteiger partial charge in [-0.2, -0.15) is 0 Å². The van der Waals surface area contributed by atoms with Gasteiger partial charge in [-0.15, -0.1) is 0 Å². The Morgan fingerprint density at radius 1 is 0.466 bits per heavy atom. The van der Waals surface area contributed by atoms with Crippen molar-refractivity contribution < 1.29 is 61.4 Å². The summed E-state index contributed by atoms with van der Waals surface area (Å²) in [4.78, 5) is 14.6. The number of nitrogens with two attached hydrogens (primary N) is 4. The molecule has 4 aromatic heterocycles. The molecule has 26 heteroatoms. The number of aliphatic hydroxyl groups is 2. The van der Waals surface area contributed by atoms with Gasteiger partial charge in [0.2, 0.25) is 40.1 Å². The summed E-state index contributed by atoms with van der Waals surface area (Å²) in [5.41, 5.74) is 1.15. The smallest absolute Gasteiger partial charge is 0.214 e. The fourth-order valence-corrected chi connectivity index (χ4v) is 5.64. The van der Waals surface area contributed by atoms with Crippen LogP contribution in [0.15, 0.2) is 73.3 Å². The van der Waals surface area contributed by atoms with E-state index in [1.807, 2.05) is 0 Å². The van der Waals surface area contributed by atoms with Gasteiger partial charge in [-0.1, -0.05) is 0 Å². The molecular formula is C32H44F4N8O10S4. The predicted molar refractivity (Wildman–Crippen MR) is 204 cm³/mol. The number of rotatable bonds is 12. The molecule has 0 spiro atoms. The summed E-state index contributed by atoms with van der Waals surface area (Å²) >= 11 is 0. The summed E-state index contributed by atoms with van der Waals surface area (Å²) < 4.78 is 137. The molecule has 10 N–H and O–H groups in total. The summed E-state index contributed by atoms with van der Waals surface area (Å²) in [7, 11) is -14.8. The molecule has 0 fully saturated rings. The number of pyridine rings is 4. The van der Waals surface area contributed by atoms with Crippen LogP contribution in [0.1, 0.15) is 62.7 Å². The molecular weight excluding hydrogens is 861 g/mol. The van der Waals surface area contributed by atoms with Gasteiger partial charge in [0.15, 0.2) is 0 Å². The highest BCUT2D eigenvalue weighted by atomic mass is 32.2. The van der Waals surface area contributed by atoms with E-state index in [1.54, 1.807) is 0 Å². The third-order valence-corrected chi connectivity index (χ3v) is 12.9. The van der Waals surface area contributed by atoms with E-state index in [4.69, 9.17) is 20.6 Å². The first-order valence-corrected chi connectivity index (χ1v) is 22.7. The van der Waals surface area contributed by atoms with Crippen LogP contribution < -0.4 is 20.6 Å². The van der Waals surface area contributed by atoms with Gasteiger partial charge in [0.25, 0.3) is 0 Å². The van der Waals surface area contributed by atoms with Crippen LogP contribution in [0, 0.1) is 23.3 Å². The third-order valence-electron chi connectivity index (χ3n) is 7.72. The number of nitrogens with zero attached hydrogens (tertiary/aromatic N) is 4. The van der Waals surface area contributed by atoms with Crippen LogP contribution in [0.2, 0.25) is 0 Å². The summed E-state index contributed by atoms with van der Waals surface area (Å²) in [5.74, 6) is -2.02. The Balaban J connectivity index is 0.000000387. The quantitative estimate of drug-likeness (QED) is 0.107. The Hall–Kier alpha value is -4.12. The molecule has 4 aromatic rings. The van der Waals surface area contributed by atoms with Crippen LogP contribution in [0.4, 0.5) is 17.6 Å². The van der Waals surface area contributed by atoms with Crippen molar-refractivity contribution in [2.24, 2.45) is 20.6 Å². The van der Waals surface area contributed by atoms with Crippen LogP contribution >= 0.6 is 0 Å². The second-order valence-corrected chi connectivity index (χ2v) is 20.2. The lowest BCUT2D eigenvalue weighted by Gasteiger charge is -2.15. The molecule has 0 aliphatic carbocycles. The molecule has 4 rings (SSSR count).